The molecule has 2 N–H and O–H groups in total. The predicted octanol–water partition coefficient (Wildman–Crippen LogP) is 2.77. The lowest BCUT2D eigenvalue weighted by Crippen LogP contribution is -2.34. The molecule has 0 aliphatic heterocycles. The zero-order valence-electron chi connectivity index (χ0n) is 13.2. The zero-order valence-corrected chi connectivity index (χ0v) is 14.0. The van der Waals surface area contributed by atoms with Crippen LogP contribution in [0, 0.1) is 10.1 Å². The van der Waals surface area contributed by atoms with Crippen molar-refractivity contribution in [1.82, 2.24) is 4.90 Å². The first-order valence-corrected chi connectivity index (χ1v) is 7.81. The number of hydrogen-bond donors (Lipinski definition) is 1. The van der Waals surface area contributed by atoms with Gasteiger partial charge in [-0.3, -0.25) is 19.7 Å². The van der Waals surface area contributed by atoms with Crippen LogP contribution in [0.4, 0.5) is 5.69 Å². The number of nitro groups is 1. The van der Waals surface area contributed by atoms with Gasteiger partial charge in [0.1, 0.15) is 5.56 Å². The number of nitro benzene ring substituents is 1. The summed E-state index contributed by atoms with van der Waals surface area (Å²) in [5, 5.41) is 11.4. The Kier molecular flexibility index (Phi) is 6.08. The molecule has 0 aliphatic rings. The average Bonchev–Trinajstić information content (AvgIpc) is 2.58. The lowest BCUT2D eigenvalue weighted by atomic mass is 10.1. The van der Waals surface area contributed by atoms with Gasteiger partial charge in [-0.1, -0.05) is 41.9 Å². The van der Waals surface area contributed by atoms with E-state index in [4.69, 9.17) is 17.3 Å². The summed E-state index contributed by atoms with van der Waals surface area (Å²) in [6.45, 7) is 0.239. The van der Waals surface area contributed by atoms with Gasteiger partial charge in [0, 0.05) is 30.6 Å². The third kappa shape index (κ3) is 5.02. The van der Waals surface area contributed by atoms with Crippen LogP contribution in [-0.2, 0) is 11.3 Å². The van der Waals surface area contributed by atoms with E-state index in [0.29, 0.717) is 0 Å². The molecule has 0 atom stereocenters. The van der Waals surface area contributed by atoms with E-state index in [1.165, 1.54) is 23.1 Å². The highest BCUT2D eigenvalue weighted by molar-refractivity contribution is 6.31. The third-order valence-corrected chi connectivity index (χ3v) is 3.75. The zero-order chi connectivity index (χ0) is 18.4. The van der Waals surface area contributed by atoms with Crippen LogP contribution in [-0.4, -0.2) is 28.2 Å². The molecule has 7 nitrogen and oxygen atoms in total. The lowest BCUT2D eigenvalue weighted by Gasteiger charge is -2.22. The van der Waals surface area contributed by atoms with E-state index in [1.54, 1.807) is 0 Å². The van der Waals surface area contributed by atoms with Gasteiger partial charge in [-0.15, -0.1) is 0 Å². The summed E-state index contributed by atoms with van der Waals surface area (Å²) in [5.74, 6) is -1.15. The maximum Gasteiger partial charge on any atom is 0.282 e. The molecule has 0 saturated carbocycles. The standard InChI is InChI=1S/C17H16ClN3O4/c18-13-6-7-15(21(24)25)14(10-13)17(23)20(9-8-16(19)22)11-12-4-2-1-3-5-12/h1-7,10H,8-9,11H2,(H2,19,22). The Bertz CT molecular complexity index is 796. The number of amides is 2. The fourth-order valence-electron chi connectivity index (χ4n) is 2.31. The molecular formula is C17H16ClN3O4. The molecule has 0 heterocycles. The van der Waals surface area contributed by atoms with Crippen molar-refractivity contribution in [2.24, 2.45) is 5.73 Å². The largest absolute Gasteiger partial charge is 0.370 e. The van der Waals surface area contributed by atoms with Crippen molar-refractivity contribution in [2.45, 2.75) is 13.0 Å². The van der Waals surface area contributed by atoms with E-state index in [-0.39, 0.29) is 35.8 Å². The first kappa shape index (κ1) is 18.4. The maximum atomic E-state index is 12.8. The summed E-state index contributed by atoms with van der Waals surface area (Å²) < 4.78 is 0. The maximum absolute atomic E-state index is 12.8. The number of benzene rings is 2. The Hall–Kier alpha value is -2.93. The molecule has 0 aliphatic carbocycles. The van der Waals surface area contributed by atoms with Crippen molar-refractivity contribution in [1.29, 1.82) is 0 Å². The quantitative estimate of drug-likeness (QED) is 0.604. The minimum absolute atomic E-state index is 0.0483. The number of nitrogens with zero attached hydrogens (tertiary/aromatic N) is 2. The molecule has 0 bridgehead atoms. The van der Waals surface area contributed by atoms with Gasteiger partial charge in [-0.25, -0.2) is 0 Å². The van der Waals surface area contributed by atoms with E-state index >= 15 is 0 Å². The van der Waals surface area contributed by atoms with Gasteiger partial charge >= 0.3 is 0 Å². The number of nitrogens with two attached hydrogens (primary N) is 1. The summed E-state index contributed by atoms with van der Waals surface area (Å²) in [5.41, 5.74) is 5.52. The Morgan fingerprint density at radius 3 is 2.44 bits per heavy atom. The first-order valence-electron chi connectivity index (χ1n) is 7.44. The average molecular weight is 362 g/mol. The molecular weight excluding hydrogens is 346 g/mol. The molecule has 25 heavy (non-hydrogen) atoms. The topological polar surface area (TPSA) is 107 Å². The van der Waals surface area contributed by atoms with Gasteiger partial charge < -0.3 is 10.6 Å². The molecule has 2 aromatic rings. The number of halogens is 1. The van der Waals surface area contributed by atoms with Crippen molar-refractivity contribution in [2.75, 3.05) is 6.54 Å². The van der Waals surface area contributed by atoms with Gasteiger partial charge in [-0.2, -0.15) is 0 Å². The Morgan fingerprint density at radius 2 is 1.84 bits per heavy atom. The number of primary amides is 1. The third-order valence-electron chi connectivity index (χ3n) is 3.52. The van der Waals surface area contributed by atoms with Gasteiger partial charge in [0.2, 0.25) is 5.91 Å². The number of carbonyl (C=O) groups excluding carboxylic acids is 2. The Labute approximate surface area is 149 Å². The fourth-order valence-corrected chi connectivity index (χ4v) is 2.48. The van der Waals surface area contributed by atoms with E-state index in [0.717, 1.165) is 5.56 Å². The SMILES string of the molecule is NC(=O)CCN(Cc1ccccc1)C(=O)c1cc(Cl)ccc1[N+](=O)[O-]. The van der Waals surface area contributed by atoms with Gasteiger partial charge in [-0.05, 0) is 17.7 Å². The van der Waals surface area contributed by atoms with Crippen LogP contribution in [0.3, 0.4) is 0 Å². The minimum Gasteiger partial charge on any atom is -0.370 e. The minimum atomic E-state index is -0.641. The second-order valence-electron chi connectivity index (χ2n) is 5.35. The van der Waals surface area contributed by atoms with Crippen molar-refractivity contribution < 1.29 is 14.5 Å². The summed E-state index contributed by atoms with van der Waals surface area (Å²) in [6.07, 6.45) is -0.0487. The highest BCUT2D eigenvalue weighted by Crippen LogP contribution is 2.25. The number of hydrogen-bond acceptors (Lipinski definition) is 4. The molecule has 0 saturated heterocycles. The van der Waals surface area contributed by atoms with Gasteiger partial charge in [0.15, 0.2) is 0 Å². The second-order valence-corrected chi connectivity index (χ2v) is 5.78. The molecule has 0 spiro atoms. The summed E-state index contributed by atoms with van der Waals surface area (Å²) in [4.78, 5) is 35.9. The molecule has 2 amide bonds. The first-order chi connectivity index (χ1) is 11.9. The van der Waals surface area contributed by atoms with Crippen LogP contribution in [0.15, 0.2) is 48.5 Å². The van der Waals surface area contributed by atoms with Crippen LogP contribution in [0.25, 0.3) is 0 Å². The second kappa shape index (κ2) is 8.25. The van der Waals surface area contributed by atoms with Crippen LogP contribution in [0.2, 0.25) is 5.02 Å². The Balaban J connectivity index is 2.36. The van der Waals surface area contributed by atoms with Crippen LogP contribution in [0.5, 0.6) is 0 Å². The molecule has 0 radical (unpaired) electrons. The monoisotopic (exact) mass is 361 g/mol. The predicted molar refractivity (Wildman–Crippen MR) is 93.1 cm³/mol. The smallest absolute Gasteiger partial charge is 0.282 e. The van der Waals surface area contributed by atoms with E-state index < -0.39 is 16.7 Å². The number of rotatable bonds is 7. The van der Waals surface area contributed by atoms with Crippen molar-refractivity contribution >= 4 is 29.1 Å². The van der Waals surface area contributed by atoms with E-state index in [1.807, 2.05) is 30.3 Å². The molecule has 0 fully saturated rings. The normalized spacial score (nSPS) is 10.3. The highest BCUT2D eigenvalue weighted by Gasteiger charge is 2.25. The van der Waals surface area contributed by atoms with E-state index in [2.05, 4.69) is 0 Å². The highest BCUT2D eigenvalue weighted by atomic mass is 35.5. The van der Waals surface area contributed by atoms with Crippen LogP contribution in [0.1, 0.15) is 22.3 Å². The van der Waals surface area contributed by atoms with Crippen molar-refractivity contribution in [3.8, 4) is 0 Å². The lowest BCUT2D eigenvalue weighted by molar-refractivity contribution is -0.385. The molecule has 2 aromatic carbocycles. The fraction of sp³-hybridized carbons (Fsp3) is 0.176. The van der Waals surface area contributed by atoms with Gasteiger partial charge in [0.25, 0.3) is 11.6 Å². The number of carbonyl (C=O) groups is 2. The molecule has 0 aromatic heterocycles. The van der Waals surface area contributed by atoms with Crippen molar-refractivity contribution in [3.63, 3.8) is 0 Å². The summed E-state index contributed by atoms with van der Waals surface area (Å²) in [7, 11) is 0. The van der Waals surface area contributed by atoms with Gasteiger partial charge in [0.05, 0.1) is 4.92 Å². The molecule has 2 rings (SSSR count). The summed E-state index contributed by atoms with van der Waals surface area (Å²) >= 11 is 5.89. The van der Waals surface area contributed by atoms with Crippen LogP contribution >= 0.6 is 11.6 Å². The Morgan fingerprint density at radius 1 is 1.16 bits per heavy atom. The molecule has 0 unspecified atom stereocenters. The molecule has 130 valence electrons. The van der Waals surface area contributed by atoms with Crippen LogP contribution < -0.4 is 5.73 Å². The molecule has 8 heteroatoms. The van der Waals surface area contributed by atoms with E-state index in [9.17, 15) is 19.7 Å². The summed E-state index contributed by atoms with van der Waals surface area (Å²) in [6, 6.07) is 12.9. The van der Waals surface area contributed by atoms with Crippen molar-refractivity contribution in [3.05, 3.63) is 74.8 Å².